The highest BCUT2D eigenvalue weighted by Crippen LogP contribution is 2.39. The van der Waals surface area contributed by atoms with Crippen LogP contribution in [0.5, 0.6) is 0 Å². The van der Waals surface area contributed by atoms with Gasteiger partial charge in [-0.2, -0.15) is 4.98 Å². The number of aromatic nitrogens is 1. The third kappa shape index (κ3) is 2.95. The first-order chi connectivity index (χ1) is 11.5. The van der Waals surface area contributed by atoms with Gasteiger partial charge in [0, 0.05) is 24.8 Å². The summed E-state index contributed by atoms with van der Waals surface area (Å²) in [5.74, 6) is -0.177. The van der Waals surface area contributed by atoms with Crippen LogP contribution in [0.3, 0.4) is 0 Å². The molecule has 0 saturated heterocycles. The van der Waals surface area contributed by atoms with E-state index in [2.05, 4.69) is 20.6 Å². The summed E-state index contributed by atoms with van der Waals surface area (Å²) in [7, 11) is 1.59. The van der Waals surface area contributed by atoms with Gasteiger partial charge in [0.1, 0.15) is 17.6 Å². The minimum Gasteiger partial charge on any atom is -0.354 e. The van der Waals surface area contributed by atoms with E-state index in [0.717, 1.165) is 11.3 Å². The Bertz CT molecular complexity index is 863. The number of thiazole rings is 1. The van der Waals surface area contributed by atoms with Crippen molar-refractivity contribution in [2.24, 2.45) is 10.3 Å². The number of nitrogens with zero attached hydrogens (tertiary/aromatic N) is 4. The first-order valence-corrected chi connectivity index (χ1v) is 8.64. The lowest BCUT2D eigenvalue weighted by molar-refractivity contribution is 0.0967. The van der Waals surface area contributed by atoms with Crippen molar-refractivity contribution in [1.29, 1.82) is 0 Å². The van der Waals surface area contributed by atoms with Crippen molar-refractivity contribution in [2.45, 2.75) is 13.5 Å². The lowest BCUT2D eigenvalue weighted by Crippen LogP contribution is -2.39. The lowest BCUT2D eigenvalue weighted by atomic mass is 10.2. The van der Waals surface area contributed by atoms with Gasteiger partial charge in [0.05, 0.1) is 16.2 Å². The standard InChI is InChI=1S/C15H13Cl2N5OS/c1-9-6-20-21-22(9,8-10-3-4-11(16)12(17)5-10)15-19-7-13(24-15)14(23)18-2/h3-7H,8H2,1-2H3/p+1. The zero-order chi connectivity index (χ0) is 17.3. The molecule has 0 fully saturated rings. The number of allylic oxidation sites excluding steroid dienone is 1. The molecule has 2 aromatic rings. The van der Waals surface area contributed by atoms with Gasteiger partial charge in [0.2, 0.25) is 0 Å². The summed E-state index contributed by atoms with van der Waals surface area (Å²) in [6.45, 7) is 2.40. The van der Waals surface area contributed by atoms with Crippen molar-refractivity contribution >= 4 is 45.6 Å². The average Bonchev–Trinajstić information content (AvgIpc) is 3.19. The Kier molecular flexibility index (Phi) is 4.69. The molecule has 0 aliphatic carbocycles. The van der Waals surface area contributed by atoms with Gasteiger partial charge in [0.15, 0.2) is 5.70 Å². The van der Waals surface area contributed by atoms with Gasteiger partial charge in [-0.05, 0) is 23.5 Å². The van der Waals surface area contributed by atoms with Crippen molar-refractivity contribution in [3.63, 3.8) is 0 Å². The number of rotatable bonds is 4. The zero-order valence-electron chi connectivity index (χ0n) is 13.0. The highest BCUT2D eigenvalue weighted by molar-refractivity contribution is 7.17. The van der Waals surface area contributed by atoms with Gasteiger partial charge in [0.25, 0.3) is 5.91 Å². The molecule has 3 rings (SSSR count). The summed E-state index contributed by atoms with van der Waals surface area (Å²) in [5.41, 5.74) is 1.84. The highest BCUT2D eigenvalue weighted by atomic mass is 35.5. The third-order valence-corrected chi connectivity index (χ3v) is 5.53. The first kappa shape index (κ1) is 17.0. The van der Waals surface area contributed by atoms with E-state index < -0.39 is 0 Å². The van der Waals surface area contributed by atoms with Crippen LogP contribution in [0.1, 0.15) is 22.2 Å². The molecule has 6 nitrogen and oxygen atoms in total. The van der Waals surface area contributed by atoms with E-state index in [9.17, 15) is 4.79 Å². The second-order valence-electron chi connectivity index (χ2n) is 5.24. The summed E-state index contributed by atoms with van der Waals surface area (Å²) in [5, 5.41) is 12.7. The van der Waals surface area contributed by atoms with Crippen molar-refractivity contribution in [3.05, 3.63) is 56.8 Å². The molecular formula is C15H14Cl2N5OS+. The first-order valence-electron chi connectivity index (χ1n) is 7.06. The fourth-order valence-electron chi connectivity index (χ4n) is 2.34. The van der Waals surface area contributed by atoms with Crippen LogP contribution < -0.4 is 9.91 Å². The molecule has 0 spiro atoms. The second kappa shape index (κ2) is 6.60. The van der Waals surface area contributed by atoms with Crippen LogP contribution in [0.2, 0.25) is 10.0 Å². The molecule has 2 heterocycles. The maximum absolute atomic E-state index is 11.8. The van der Waals surface area contributed by atoms with Gasteiger partial charge >= 0.3 is 5.13 Å². The summed E-state index contributed by atoms with van der Waals surface area (Å²) in [6.07, 6.45) is 3.24. The molecular weight excluding hydrogens is 369 g/mol. The number of benzene rings is 1. The van der Waals surface area contributed by atoms with E-state index in [4.69, 9.17) is 23.2 Å². The van der Waals surface area contributed by atoms with Gasteiger partial charge in [-0.3, -0.25) is 4.79 Å². The Hall–Kier alpha value is -1.80. The van der Waals surface area contributed by atoms with Gasteiger partial charge < -0.3 is 5.32 Å². The minimum atomic E-state index is -0.177. The lowest BCUT2D eigenvalue weighted by Gasteiger charge is -2.24. The molecule has 1 N–H and O–H groups in total. The van der Waals surface area contributed by atoms with E-state index in [-0.39, 0.29) is 10.5 Å². The molecule has 9 heteroatoms. The Balaban J connectivity index is 2.01. The largest absolute Gasteiger partial charge is 0.354 e. The number of carbonyl (C=O) groups excluding carboxylic acids is 1. The minimum absolute atomic E-state index is 0.0830. The second-order valence-corrected chi connectivity index (χ2v) is 7.06. The zero-order valence-corrected chi connectivity index (χ0v) is 15.3. The molecule has 0 radical (unpaired) electrons. The molecule has 124 valence electrons. The fraction of sp³-hybridized carbons (Fsp3) is 0.200. The number of amides is 1. The van der Waals surface area contributed by atoms with Crippen LogP contribution in [0.4, 0.5) is 5.13 Å². The van der Waals surface area contributed by atoms with Gasteiger partial charge in [-0.15, -0.1) is 5.11 Å². The molecule has 24 heavy (non-hydrogen) atoms. The average molecular weight is 383 g/mol. The van der Waals surface area contributed by atoms with Crippen LogP contribution in [-0.4, -0.2) is 17.9 Å². The smallest absolute Gasteiger partial charge is 0.320 e. The number of nitrogens with one attached hydrogen (secondary N) is 1. The number of halogens is 2. The van der Waals surface area contributed by atoms with Crippen LogP contribution >= 0.6 is 34.5 Å². The third-order valence-electron chi connectivity index (χ3n) is 3.69. The molecule has 1 aromatic carbocycles. The maximum Gasteiger partial charge on any atom is 0.320 e. The summed E-state index contributed by atoms with van der Waals surface area (Å²) in [6, 6.07) is 5.45. The van der Waals surface area contributed by atoms with E-state index in [0.29, 0.717) is 26.6 Å². The monoisotopic (exact) mass is 382 g/mol. The molecule has 1 aliphatic heterocycles. The quantitative estimate of drug-likeness (QED) is 0.787. The number of hydrogen-bond donors (Lipinski definition) is 1. The summed E-state index contributed by atoms with van der Waals surface area (Å²) < 4.78 is 0.0830. The van der Waals surface area contributed by atoms with E-state index in [1.54, 1.807) is 31.6 Å². The van der Waals surface area contributed by atoms with Gasteiger partial charge in [-0.25, -0.2) is 0 Å². The molecule has 0 bridgehead atoms. The van der Waals surface area contributed by atoms with Crippen molar-refractivity contribution in [1.82, 2.24) is 14.9 Å². The van der Waals surface area contributed by atoms with Crippen LogP contribution in [-0.2, 0) is 6.54 Å². The molecule has 1 unspecified atom stereocenters. The van der Waals surface area contributed by atoms with Crippen LogP contribution in [0.15, 0.2) is 46.6 Å². The SMILES string of the molecule is CNC(=O)c1cnc([N+]2(Cc3ccc(Cl)c(Cl)c3)N=NC=C2C)s1. The van der Waals surface area contributed by atoms with E-state index in [1.165, 1.54) is 11.3 Å². The Morgan fingerprint density at radius 2 is 2.12 bits per heavy atom. The van der Waals surface area contributed by atoms with E-state index in [1.807, 2.05) is 13.0 Å². The number of hydrogen-bond acceptors (Lipinski definition) is 5. The van der Waals surface area contributed by atoms with E-state index >= 15 is 0 Å². The molecule has 1 aromatic heterocycles. The van der Waals surface area contributed by atoms with Crippen molar-refractivity contribution in [3.8, 4) is 0 Å². The highest BCUT2D eigenvalue weighted by Gasteiger charge is 2.41. The molecule has 1 amide bonds. The Labute approximate surface area is 153 Å². The Morgan fingerprint density at radius 3 is 2.75 bits per heavy atom. The van der Waals surface area contributed by atoms with Crippen LogP contribution in [0.25, 0.3) is 0 Å². The number of quaternary nitrogens is 1. The molecule has 1 atom stereocenters. The predicted molar refractivity (Wildman–Crippen MR) is 96.1 cm³/mol. The summed E-state index contributed by atoms with van der Waals surface area (Å²) in [4.78, 5) is 16.7. The normalized spacial score (nSPS) is 19.4. The summed E-state index contributed by atoms with van der Waals surface area (Å²) >= 11 is 13.4. The number of carbonyl (C=O) groups is 1. The molecule has 0 saturated carbocycles. The van der Waals surface area contributed by atoms with Crippen molar-refractivity contribution < 1.29 is 4.79 Å². The fourth-order valence-corrected chi connectivity index (χ4v) is 3.66. The topological polar surface area (TPSA) is 66.7 Å². The predicted octanol–water partition coefficient (Wildman–Crippen LogP) is 4.56. The molecule has 1 aliphatic rings. The van der Waals surface area contributed by atoms with Gasteiger partial charge in [-0.1, -0.05) is 33.9 Å². The maximum atomic E-state index is 11.8. The Morgan fingerprint density at radius 1 is 1.33 bits per heavy atom. The van der Waals surface area contributed by atoms with Crippen LogP contribution in [0, 0.1) is 0 Å². The van der Waals surface area contributed by atoms with Crippen molar-refractivity contribution in [2.75, 3.05) is 7.05 Å².